The van der Waals surface area contributed by atoms with E-state index in [1.54, 1.807) is 4.90 Å². The lowest BCUT2D eigenvalue weighted by Gasteiger charge is -2.12. The minimum absolute atomic E-state index is 0.100. The van der Waals surface area contributed by atoms with Crippen LogP contribution in [0, 0.1) is 0 Å². The van der Waals surface area contributed by atoms with Gasteiger partial charge in [-0.3, -0.25) is 4.79 Å². The lowest BCUT2D eigenvalue weighted by molar-refractivity contribution is -0.128. The van der Waals surface area contributed by atoms with Gasteiger partial charge in [0.05, 0.1) is 12.1 Å². The highest BCUT2D eigenvalue weighted by Crippen LogP contribution is 2.16. The molecule has 0 aromatic carbocycles. The summed E-state index contributed by atoms with van der Waals surface area (Å²) >= 11 is 0. The van der Waals surface area contributed by atoms with E-state index in [4.69, 9.17) is 9.52 Å². The van der Waals surface area contributed by atoms with E-state index in [0.717, 1.165) is 13.0 Å². The average Bonchev–Trinajstić information content (AvgIpc) is 2.77. The van der Waals surface area contributed by atoms with Crippen molar-refractivity contribution in [1.82, 2.24) is 4.90 Å². The number of carbonyl (C=O) groups is 2. The standard InChI is InChI=1S/C10H11NO4/c12-9-2-1-3-11(9)5-8-4-7(6-15-8)10(13)14/h4,6H,1-3,5H2,(H,13,14). The Hall–Kier alpha value is -1.78. The maximum Gasteiger partial charge on any atom is 0.338 e. The molecular formula is C10H11NO4. The SMILES string of the molecule is O=C(O)c1coc(CN2CCCC2=O)c1. The molecule has 5 heteroatoms. The predicted octanol–water partition coefficient (Wildman–Crippen LogP) is 1.10. The molecule has 1 N–H and O–H groups in total. The highest BCUT2D eigenvalue weighted by Gasteiger charge is 2.21. The number of likely N-dealkylation sites (tertiary alicyclic amines) is 1. The molecule has 80 valence electrons. The number of aromatic carboxylic acids is 1. The van der Waals surface area contributed by atoms with Gasteiger partial charge in [0.2, 0.25) is 5.91 Å². The number of rotatable bonds is 3. The fourth-order valence-electron chi connectivity index (χ4n) is 1.64. The Labute approximate surface area is 86.3 Å². The van der Waals surface area contributed by atoms with E-state index in [9.17, 15) is 9.59 Å². The van der Waals surface area contributed by atoms with Gasteiger partial charge in [0.1, 0.15) is 12.0 Å². The second kappa shape index (κ2) is 3.76. The zero-order valence-electron chi connectivity index (χ0n) is 8.10. The van der Waals surface area contributed by atoms with Crippen molar-refractivity contribution >= 4 is 11.9 Å². The van der Waals surface area contributed by atoms with Crippen molar-refractivity contribution in [3.63, 3.8) is 0 Å². The normalized spacial score (nSPS) is 16.0. The molecule has 1 aliphatic heterocycles. The molecule has 0 unspecified atom stereocenters. The van der Waals surface area contributed by atoms with E-state index >= 15 is 0 Å². The summed E-state index contributed by atoms with van der Waals surface area (Å²) in [6, 6.07) is 1.45. The largest absolute Gasteiger partial charge is 0.478 e. The van der Waals surface area contributed by atoms with Gasteiger partial charge in [-0.15, -0.1) is 0 Å². The topological polar surface area (TPSA) is 70.8 Å². The van der Waals surface area contributed by atoms with Gasteiger partial charge in [0.15, 0.2) is 0 Å². The average molecular weight is 209 g/mol. The number of furan rings is 1. The van der Waals surface area contributed by atoms with E-state index in [0.29, 0.717) is 18.7 Å². The Morgan fingerprint density at radius 1 is 1.60 bits per heavy atom. The number of carbonyl (C=O) groups excluding carboxylic acids is 1. The molecule has 0 spiro atoms. The zero-order chi connectivity index (χ0) is 10.8. The highest BCUT2D eigenvalue weighted by atomic mass is 16.4. The lowest BCUT2D eigenvalue weighted by Crippen LogP contribution is -2.23. The lowest BCUT2D eigenvalue weighted by atomic mass is 10.3. The summed E-state index contributed by atoms with van der Waals surface area (Å²) in [5.74, 6) is -0.399. The number of nitrogens with zero attached hydrogens (tertiary/aromatic N) is 1. The highest BCUT2D eigenvalue weighted by molar-refractivity contribution is 5.87. The predicted molar refractivity (Wildman–Crippen MR) is 50.3 cm³/mol. The molecule has 0 saturated carbocycles. The summed E-state index contributed by atoms with van der Waals surface area (Å²) in [6.07, 6.45) is 2.63. The van der Waals surface area contributed by atoms with Gasteiger partial charge >= 0.3 is 5.97 Å². The number of amides is 1. The van der Waals surface area contributed by atoms with Crippen LogP contribution in [0.15, 0.2) is 16.7 Å². The third-order valence-electron chi connectivity index (χ3n) is 2.42. The number of hydrogen-bond acceptors (Lipinski definition) is 3. The van der Waals surface area contributed by atoms with Crippen LogP contribution in [0.25, 0.3) is 0 Å². The van der Waals surface area contributed by atoms with Crippen molar-refractivity contribution in [1.29, 1.82) is 0 Å². The van der Waals surface area contributed by atoms with E-state index in [1.165, 1.54) is 12.3 Å². The summed E-state index contributed by atoms with van der Waals surface area (Å²) in [6.45, 7) is 1.09. The summed E-state index contributed by atoms with van der Waals surface area (Å²) in [7, 11) is 0. The number of carboxylic acids is 1. The zero-order valence-corrected chi connectivity index (χ0v) is 8.10. The Morgan fingerprint density at radius 2 is 2.40 bits per heavy atom. The van der Waals surface area contributed by atoms with Gasteiger partial charge in [-0.1, -0.05) is 0 Å². The van der Waals surface area contributed by atoms with Crippen molar-refractivity contribution < 1.29 is 19.1 Å². The van der Waals surface area contributed by atoms with Gasteiger partial charge < -0.3 is 14.4 Å². The van der Waals surface area contributed by atoms with Gasteiger partial charge in [0.25, 0.3) is 0 Å². The molecule has 0 radical (unpaired) electrons. The van der Waals surface area contributed by atoms with Crippen molar-refractivity contribution in [2.45, 2.75) is 19.4 Å². The Balaban J connectivity index is 2.04. The van der Waals surface area contributed by atoms with Crippen molar-refractivity contribution in [2.75, 3.05) is 6.54 Å². The van der Waals surface area contributed by atoms with E-state index in [2.05, 4.69) is 0 Å². The molecule has 1 saturated heterocycles. The fraction of sp³-hybridized carbons (Fsp3) is 0.400. The third kappa shape index (κ3) is 2.01. The Bertz CT molecular complexity index is 396. The first-order chi connectivity index (χ1) is 7.16. The molecule has 0 atom stereocenters. The molecule has 15 heavy (non-hydrogen) atoms. The third-order valence-corrected chi connectivity index (χ3v) is 2.42. The number of carboxylic acid groups (broad SMARTS) is 1. The van der Waals surface area contributed by atoms with Gasteiger partial charge in [-0.25, -0.2) is 4.79 Å². The van der Waals surface area contributed by atoms with Crippen LogP contribution < -0.4 is 0 Å². The molecule has 5 nitrogen and oxygen atoms in total. The minimum atomic E-state index is -1.02. The molecule has 2 heterocycles. The van der Waals surface area contributed by atoms with E-state index in [1.807, 2.05) is 0 Å². The molecule has 0 bridgehead atoms. The van der Waals surface area contributed by atoms with Gasteiger partial charge in [0, 0.05) is 13.0 Å². The Kier molecular flexibility index (Phi) is 2.45. The van der Waals surface area contributed by atoms with E-state index < -0.39 is 5.97 Å². The summed E-state index contributed by atoms with van der Waals surface area (Å²) in [5.41, 5.74) is 0.122. The fourth-order valence-corrected chi connectivity index (χ4v) is 1.64. The second-order valence-corrected chi connectivity index (χ2v) is 3.53. The van der Waals surface area contributed by atoms with Crippen molar-refractivity contribution in [2.24, 2.45) is 0 Å². The van der Waals surface area contributed by atoms with Crippen LogP contribution >= 0.6 is 0 Å². The first kappa shape index (κ1) is 9.76. The van der Waals surface area contributed by atoms with Crippen molar-refractivity contribution in [3.05, 3.63) is 23.7 Å². The maximum absolute atomic E-state index is 11.3. The smallest absolute Gasteiger partial charge is 0.338 e. The second-order valence-electron chi connectivity index (χ2n) is 3.53. The van der Waals surface area contributed by atoms with Crippen LogP contribution in [-0.4, -0.2) is 28.4 Å². The van der Waals surface area contributed by atoms with Crippen LogP contribution in [0.2, 0.25) is 0 Å². The van der Waals surface area contributed by atoms with Crippen LogP contribution in [0.5, 0.6) is 0 Å². The molecule has 1 amide bonds. The molecule has 2 rings (SSSR count). The summed E-state index contributed by atoms with van der Waals surface area (Å²) in [4.78, 5) is 23.5. The number of hydrogen-bond donors (Lipinski definition) is 1. The van der Waals surface area contributed by atoms with Gasteiger partial charge in [-0.2, -0.15) is 0 Å². The van der Waals surface area contributed by atoms with Crippen LogP contribution in [0.3, 0.4) is 0 Å². The summed E-state index contributed by atoms with van der Waals surface area (Å²) < 4.78 is 5.06. The minimum Gasteiger partial charge on any atom is -0.478 e. The summed E-state index contributed by atoms with van der Waals surface area (Å²) in [5, 5.41) is 8.67. The Morgan fingerprint density at radius 3 is 2.93 bits per heavy atom. The van der Waals surface area contributed by atoms with Crippen LogP contribution in [0.4, 0.5) is 0 Å². The molecule has 1 aromatic rings. The van der Waals surface area contributed by atoms with Crippen LogP contribution in [-0.2, 0) is 11.3 Å². The first-order valence-electron chi connectivity index (χ1n) is 4.75. The monoisotopic (exact) mass is 209 g/mol. The molecule has 1 aromatic heterocycles. The van der Waals surface area contributed by atoms with Crippen molar-refractivity contribution in [3.8, 4) is 0 Å². The van der Waals surface area contributed by atoms with Crippen LogP contribution in [0.1, 0.15) is 29.0 Å². The maximum atomic E-state index is 11.3. The first-order valence-corrected chi connectivity index (χ1v) is 4.75. The van der Waals surface area contributed by atoms with E-state index in [-0.39, 0.29) is 11.5 Å². The quantitative estimate of drug-likeness (QED) is 0.809. The molecule has 1 fully saturated rings. The molecular weight excluding hydrogens is 198 g/mol. The molecule has 0 aliphatic carbocycles. The van der Waals surface area contributed by atoms with Gasteiger partial charge in [-0.05, 0) is 12.5 Å². The molecule has 1 aliphatic rings.